The van der Waals surface area contributed by atoms with Crippen molar-refractivity contribution in [3.8, 4) is 0 Å². The molecule has 1 saturated carbocycles. The Morgan fingerprint density at radius 2 is 1.97 bits per heavy atom. The standard InChI is InChI=1S/C24H29ClN6O/c1-14-7-16(5-6-30(14)19-12-32-13-19)20-9-22-17(8-21(20)25)10-26-24(28-22)29-23-11-27-31(15(23)2)18-3-4-18/h8-11,14,16,18-19H,3-7,12-13H2,1-2H3,(H,26,28,29)/t14-,16?/m0/s1. The van der Waals surface area contributed by atoms with Crippen LogP contribution in [0.1, 0.15) is 55.8 Å². The van der Waals surface area contributed by atoms with E-state index in [1.54, 1.807) is 0 Å². The Bertz CT molecular complexity index is 1150. The molecule has 3 fully saturated rings. The first-order valence-corrected chi connectivity index (χ1v) is 12.1. The fourth-order valence-electron chi connectivity index (χ4n) is 5.22. The maximum absolute atomic E-state index is 6.73. The summed E-state index contributed by atoms with van der Waals surface area (Å²) in [5.74, 6) is 1.04. The van der Waals surface area contributed by atoms with Crippen LogP contribution < -0.4 is 5.32 Å². The number of likely N-dealkylation sites (tertiary alicyclic amines) is 1. The molecular formula is C24H29ClN6O. The van der Waals surface area contributed by atoms with E-state index >= 15 is 0 Å². The van der Waals surface area contributed by atoms with Crippen molar-refractivity contribution < 1.29 is 4.74 Å². The van der Waals surface area contributed by atoms with Crippen LogP contribution >= 0.6 is 11.6 Å². The first-order valence-electron chi connectivity index (χ1n) is 11.7. The van der Waals surface area contributed by atoms with Gasteiger partial charge in [0, 0.05) is 22.6 Å². The van der Waals surface area contributed by atoms with Gasteiger partial charge in [0.15, 0.2) is 0 Å². The number of aromatic nitrogens is 4. The highest BCUT2D eigenvalue weighted by Crippen LogP contribution is 2.39. The first kappa shape index (κ1) is 20.4. The summed E-state index contributed by atoms with van der Waals surface area (Å²) in [7, 11) is 0. The van der Waals surface area contributed by atoms with Crippen LogP contribution in [-0.2, 0) is 4.74 Å². The summed E-state index contributed by atoms with van der Waals surface area (Å²) in [5.41, 5.74) is 4.23. The molecule has 3 aliphatic rings. The summed E-state index contributed by atoms with van der Waals surface area (Å²) in [6, 6.07) is 5.86. The van der Waals surface area contributed by atoms with Crippen LogP contribution in [0, 0.1) is 6.92 Å². The zero-order valence-corrected chi connectivity index (χ0v) is 19.3. The third-order valence-corrected chi connectivity index (χ3v) is 7.67. The minimum absolute atomic E-state index is 0.449. The molecule has 32 heavy (non-hydrogen) atoms. The number of benzene rings is 1. The maximum atomic E-state index is 6.73. The molecule has 168 valence electrons. The van der Waals surface area contributed by atoms with Gasteiger partial charge >= 0.3 is 0 Å². The molecule has 1 aliphatic carbocycles. The number of hydrogen-bond donors (Lipinski definition) is 1. The Morgan fingerprint density at radius 3 is 2.69 bits per heavy atom. The number of ether oxygens (including phenoxy) is 1. The lowest BCUT2D eigenvalue weighted by atomic mass is 9.84. The molecule has 0 amide bonds. The molecule has 1 aromatic carbocycles. The maximum Gasteiger partial charge on any atom is 0.227 e. The Labute approximate surface area is 193 Å². The molecule has 0 radical (unpaired) electrons. The molecular weight excluding hydrogens is 424 g/mol. The van der Waals surface area contributed by atoms with Gasteiger partial charge in [0.05, 0.1) is 48.4 Å². The Hall–Kier alpha value is -2.22. The predicted molar refractivity (Wildman–Crippen MR) is 126 cm³/mol. The van der Waals surface area contributed by atoms with Gasteiger partial charge in [-0.3, -0.25) is 9.58 Å². The Kier molecular flexibility index (Phi) is 5.08. The zero-order valence-electron chi connectivity index (χ0n) is 18.6. The second kappa shape index (κ2) is 7.97. The van der Waals surface area contributed by atoms with Crippen LogP contribution in [0.15, 0.2) is 24.5 Å². The number of fused-ring (bicyclic) bond motifs is 1. The van der Waals surface area contributed by atoms with E-state index in [4.69, 9.17) is 21.3 Å². The number of rotatable bonds is 5. The van der Waals surface area contributed by atoms with Gasteiger partial charge in [0.1, 0.15) is 0 Å². The normalized spacial score (nSPS) is 24.6. The summed E-state index contributed by atoms with van der Waals surface area (Å²) < 4.78 is 7.51. The molecule has 2 aromatic heterocycles. The number of nitrogens with one attached hydrogen (secondary N) is 1. The van der Waals surface area contributed by atoms with Crippen molar-refractivity contribution in [2.75, 3.05) is 25.1 Å². The average molecular weight is 453 g/mol. The third kappa shape index (κ3) is 3.66. The average Bonchev–Trinajstić information content (AvgIpc) is 3.52. The number of anilines is 2. The van der Waals surface area contributed by atoms with Crippen LogP contribution in [0.2, 0.25) is 5.02 Å². The second-order valence-corrected chi connectivity index (χ2v) is 9.98. The highest BCUT2D eigenvalue weighted by Gasteiger charge is 2.35. The molecule has 1 unspecified atom stereocenters. The minimum Gasteiger partial charge on any atom is -0.378 e. The Morgan fingerprint density at radius 1 is 1.12 bits per heavy atom. The lowest BCUT2D eigenvalue weighted by molar-refractivity contribution is -0.0862. The number of hydrogen-bond acceptors (Lipinski definition) is 6. The number of piperidine rings is 1. The zero-order chi connectivity index (χ0) is 21.8. The van der Waals surface area contributed by atoms with Gasteiger partial charge in [-0.05, 0) is 69.7 Å². The van der Waals surface area contributed by atoms with Crippen molar-refractivity contribution in [2.45, 2.75) is 63.6 Å². The molecule has 7 nitrogen and oxygen atoms in total. The second-order valence-electron chi connectivity index (χ2n) is 9.57. The van der Waals surface area contributed by atoms with Crippen LogP contribution in [0.3, 0.4) is 0 Å². The van der Waals surface area contributed by atoms with Crippen LogP contribution in [-0.4, -0.2) is 56.5 Å². The Balaban J connectivity index is 1.24. The van der Waals surface area contributed by atoms with E-state index in [0.717, 1.165) is 59.9 Å². The topological polar surface area (TPSA) is 68.1 Å². The molecule has 2 atom stereocenters. The number of nitrogens with zero attached hydrogens (tertiary/aromatic N) is 5. The summed E-state index contributed by atoms with van der Waals surface area (Å²) >= 11 is 6.73. The van der Waals surface area contributed by atoms with Crippen molar-refractivity contribution in [1.29, 1.82) is 0 Å². The van der Waals surface area contributed by atoms with Gasteiger partial charge in [-0.1, -0.05) is 11.6 Å². The SMILES string of the molecule is Cc1c(Nc2ncc3cc(Cl)c(C4CCN(C5COC5)[C@@H](C)C4)cc3n2)cnn1C1CC1. The van der Waals surface area contributed by atoms with Gasteiger partial charge in [-0.2, -0.15) is 5.10 Å². The smallest absolute Gasteiger partial charge is 0.227 e. The highest BCUT2D eigenvalue weighted by molar-refractivity contribution is 6.32. The molecule has 8 heteroatoms. The fraction of sp³-hybridized carbons (Fsp3) is 0.542. The van der Waals surface area contributed by atoms with E-state index in [2.05, 4.69) is 44.9 Å². The monoisotopic (exact) mass is 452 g/mol. The van der Waals surface area contributed by atoms with Crippen molar-refractivity contribution >= 4 is 34.1 Å². The molecule has 0 spiro atoms. The van der Waals surface area contributed by atoms with E-state index in [0.29, 0.717) is 30.0 Å². The van der Waals surface area contributed by atoms with Crippen LogP contribution in [0.25, 0.3) is 10.9 Å². The van der Waals surface area contributed by atoms with Crippen molar-refractivity contribution in [1.82, 2.24) is 24.6 Å². The lowest BCUT2D eigenvalue weighted by Crippen LogP contribution is -2.55. The summed E-state index contributed by atoms with van der Waals surface area (Å²) in [5, 5.41) is 9.68. The summed E-state index contributed by atoms with van der Waals surface area (Å²) in [6.07, 6.45) is 8.37. The van der Waals surface area contributed by atoms with Crippen molar-refractivity contribution in [3.05, 3.63) is 40.8 Å². The largest absolute Gasteiger partial charge is 0.378 e. The van der Waals surface area contributed by atoms with E-state index in [1.165, 1.54) is 18.4 Å². The predicted octanol–water partition coefficient (Wildman–Crippen LogP) is 4.83. The fourth-order valence-corrected chi connectivity index (χ4v) is 5.55. The van der Waals surface area contributed by atoms with E-state index in [-0.39, 0.29) is 0 Å². The van der Waals surface area contributed by atoms with E-state index in [9.17, 15) is 0 Å². The molecule has 0 bridgehead atoms. The molecule has 1 N–H and O–H groups in total. The molecule has 2 aliphatic heterocycles. The summed E-state index contributed by atoms with van der Waals surface area (Å²) in [4.78, 5) is 11.9. The number of halogens is 1. The van der Waals surface area contributed by atoms with E-state index in [1.807, 2.05) is 18.5 Å². The summed E-state index contributed by atoms with van der Waals surface area (Å²) in [6.45, 7) is 7.26. The molecule has 2 saturated heterocycles. The van der Waals surface area contributed by atoms with Gasteiger partial charge in [0.25, 0.3) is 0 Å². The minimum atomic E-state index is 0.449. The van der Waals surface area contributed by atoms with E-state index < -0.39 is 0 Å². The third-order valence-electron chi connectivity index (χ3n) is 7.34. The molecule has 4 heterocycles. The van der Waals surface area contributed by atoms with Gasteiger partial charge in [-0.15, -0.1) is 0 Å². The van der Waals surface area contributed by atoms with Crippen LogP contribution in [0.5, 0.6) is 0 Å². The van der Waals surface area contributed by atoms with Gasteiger partial charge in [0.2, 0.25) is 5.95 Å². The first-order chi connectivity index (χ1) is 15.6. The molecule has 6 rings (SSSR count). The lowest BCUT2D eigenvalue weighted by Gasteiger charge is -2.45. The highest BCUT2D eigenvalue weighted by atomic mass is 35.5. The van der Waals surface area contributed by atoms with Gasteiger partial charge < -0.3 is 10.1 Å². The quantitative estimate of drug-likeness (QED) is 0.597. The van der Waals surface area contributed by atoms with Crippen molar-refractivity contribution in [3.63, 3.8) is 0 Å². The van der Waals surface area contributed by atoms with Crippen LogP contribution in [0.4, 0.5) is 11.6 Å². The van der Waals surface area contributed by atoms with Crippen molar-refractivity contribution in [2.24, 2.45) is 0 Å². The van der Waals surface area contributed by atoms with Gasteiger partial charge in [-0.25, -0.2) is 9.97 Å². The molecule has 3 aromatic rings.